The monoisotopic (exact) mass is 407 g/mol. The van der Waals surface area contributed by atoms with Crippen LogP contribution in [0, 0.1) is 6.92 Å². The molecule has 0 atom stereocenters. The predicted molar refractivity (Wildman–Crippen MR) is 118 cm³/mol. The van der Waals surface area contributed by atoms with Gasteiger partial charge in [0, 0.05) is 49.8 Å². The van der Waals surface area contributed by atoms with Crippen LogP contribution < -0.4 is 10.2 Å². The summed E-state index contributed by atoms with van der Waals surface area (Å²) in [5, 5.41) is 3.98. The second-order valence-corrected chi connectivity index (χ2v) is 7.96. The first-order valence-corrected chi connectivity index (χ1v) is 10.7. The topological polar surface area (TPSA) is 61.4 Å². The molecule has 0 spiro atoms. The fraction of sp³-hybridized carbons (Fsp3) is 0.318. The number of hydrogen-bond acceptors (Lipinski definition) is 5. The van der Waals surface area contributed by atoms with E-state index in [1.807, 2.05) is 54.3 Å². The minimum atomic E-state index is -0.0387. The zero-order chi connectivity index (χ0) is 20.1. The minimum Gasteiger partial charge on any atom is -0.345 e. The molecule has 1 saturated heterocycles. The van der Waals surface area contributed by atoms with Crippen molar-refractivity contribution in [3.63, 3.8) is 0 Å². The van der Waals surface area contributed by atoms with Gasteiger partial charge in [-0.3, -0.25) is 0 Å². The number of aromatic nitrogens is 2. The Hall–Kier alpha value is -2.93. The van der Waals surface area contributed by atoms with E-state index in [9.17, 15) is 4.79 Å². The molecule has 2 amide bonds. The van der Waals surface area contributed by atoms with E-state index in [1.54, 1.807) is 0 Å². The number of urea groups is 1. The Morgan fingerprint density at radius 3 is 2.66 bits per heavy atom. The Kier molecular flexibility index (Phi) is 6.05. The van der Waals surface area contributed by atoms with Gasteiger partial charge in [0.15, 0.2) is 0 Å². The summed E-state index contributed by atoms with van der Waals surface area (Å²) >= 11 is 1.44. The quantitative estimate of drug-likeness (QED) is 0.705. The Morgan fingerprint density at radius 1 is 1.03 bits per heavy atom. The number of benzene rings is 2. The number of hydrogen-bond donors (Lipinski definition) is 1. The molecule has 2 aromatic carbocycles. The average molecular weight is 408 g/mol. The number of nitrogens with one attached hydrogen (secondary N) is 1. The van der Waals surface area contributed by atoms with Crippen molar-refractivity contribution < 1.29 is 4.79 Å². The van der Waals surface area contributed by atoms with E-state index in [2.05, 4.69) is 26.7 Å². The van der Waals surface area contributed by atoms with Gasteiger partial charge in [0.05, 0.1) is 0 Å². The van der Waals surface area contributed by atoms with Crippen molar-refractivity contribution in [2.45, 2.75) is 19.8 Å². The molecule has 1 aliphatic heterocycles. The summed E-state index contributed by atoms with van der Waals surface area (Å²) in [6, 6.07) is 18.1. The third-order valence-electron chi connectivity index (χ3n) is 5.10. The first-order chi connectivity index (χ1) is 14.2. The standard InChI is InChI=1S/C22H25N5OS/c1-17-8-5-6-11-19(17)23-21(28)26-12-7-13-27(15-14-26)22-24-20(25-29-22)16-18-9-3-2-4-10-18/h2-6,8-11H,7,12-16H2,1H3,(H,23,28). The summed E-state index contributed by atoms with van der Waals surface area (Å²) in [6.07, 6.45) is 1.66. The molecule has 1 aromatic heterocycles. The number of para-hydroxylation sites is 1. The van der Waals surface area contributed by atoms with Gasteiger partial charge in [-0.15, -0.1) is 0 Å². The van der Waals surface area contributed by atoms with Crippen LogP contribution in [0.25, 0.3) is 0 Å². The number of rotatable bonds is 4. The average Bonchev–Trinajstić information content (AvgIpc) is 3.05. The van der Waals surface area contributed by atoms with Gasteiger partial charge in [-0.05, 0) is 30.5 Å². The highest BCUT2D eigenvalue weighted by Crippen LogP contribution is 2.21. The molecule has 7 heteroatoms. The third-order valence-corrected chi connectivity index (χ3v) is 5.92. The van der Waals surface area contributed by atoms with Crippen molar-refractivity contribution in [2.75, 3.05) is 36.4 Å². The van der Waals surface area contributed by atoms with Crippen LogP contribution in [-0.4, -0.2) is 46.5 Å². The van der Waals surface area contributed by atoms with Crippen LogP contribution in [0.4, 0.5) is 15.6 Å². The lowest BCUT2D eigenvalue weighted by atomic mass is 10.1. The predicted octanol–water partition coefficient (Wildman–Crippen LogP) is 4.18. The lowest BCUT2D eigenvalue weighted by Crippen LogP contribution is -2.38. The van der Waals surface area contributed by atoms with Crippen LogP contribution in [0.5, 0.6) is 0 Å². The van der Waals surface area contributed by atoms with Gasteiger partial charge in [-0.1, -0.05) is 48.5 Å². The molecule has 0 unspecified atom stereocenters. The van der Waals surface area contributed by atoms with Gasteiger partial charge in [0.25, 0.3) is 0 Å². The summed E-state index contributed by atoms with van der Waals surface area (Å²) in [5.74, 6) is 0.856. The molecular formula is C22H25N5OS. The fourth-order valence-electron chi connectivity index (χ4n) is 3.44. The van der Waals surface area contributed by atoms with Crippen molar-refractivity contribution in [2.24, 2.45) is 0 Å². The first kappa shape index (κ1) is 19.4. The second kappa shape index (κ2) is 9.05. The van der Waals surface area contributed by atoms with Crippen molar-refractivity contribution in [3.05, 3.63) is 71.5 Å². The van der Waals surface area contributed by atoms with Gasteiger partial charge in [-0.2, -0.15) is 4.37 Å². The molecule has 4 rings (SSSR count). The Bertz CT molecular complexity index is 959. The number of carbonyl (C=O) groups excluding carboxylic acids is 1. The Balaban J connectivity index is 1.35. The molecule has 0 radical (unpaired) electrons. The Morgan fingerprint density at radius 2 is 1.83 bits per heavy atom. The number of nitrogens with zero attached hydrogens (tertiary/aromatic N) is 4. The zero-order valence-electron chi connectivity index (χ0n) is 16.5. The summed E-state index contributed by atoms with van der Waals surface area (Å²) < 4.78 is 4.53. The highest BCUT2D eigenvalue weighted by atomic mass is 32.1. The maximum absolute atomic E-state index is 12.7. The number of aryl methyl sites for hydroxylation is 1. The van der Waals surface area contributed by atoms with E-state index in [4.69, 9.17) is 4.98 Å². The molecule has 1 fully saturated rings. The molecule has 0 aliphatic carbocycles. The lowest BCUT2D eigenvalue weighted by molar-refractivity contribution is 0.215. The summed E-state index contributed by atoms with van der Waals surface area (Å²) in [4.78, 5) is 21.6. The molecule has 29 heavy (non-hydrogen) atoms. The lowest BCUT2D eigenvalue weighted by Gasteiger charge is -2.22. The number of amides is 2. The van der Waals surface area contributed by atoms with Crippen LogP contribution >= 0.6 is 11.5 Å². The van der Waals surface area contributed by atoms with E-state index >= 15 is 0 Å². The van der Waals surface area contributed by atoms with Crippen LogP contribution in [0.2, 0.25) is 0 Å². The van der Waals surface area contributed by atoms with E-state index in [-0.39, 0.29) is 6.03 Å². The van der Waals surface area contributed by atoms with Crippen molar-refractivity contribution in [1.82, 2.24) is 14.3 Å². The zero-order valence-corrected chi connectivity index (χ0v) is 17.4. The van der Waals surface area contributed by atoms with E-state index in [0.717, 1.165) is 54.7 Å². The van der Waals surface area contributed by atoms with E-state index in [1.165, 1.54) is 17.1 Å². The van der Waals surface area contributed by atoms with Gasteiger partial charge in [0.2, 0.25) is 5.13 Å². The SMILES string of the molecule is Cc1ccccc1NC(=O)N1CCCN(c2nc(Cc3ccccc3)ns2)CC1. The third kappa shape index (κ3) is 4.92. The van der Waals surface area contributed by atoms with Crippen LogP contribution in [0.3, 0.4) is 0 Å². The molecular weight excluding hydrogens is 382 g/mol. The second-order valence-electron chi connectivity index (χ2n) is 7.23. The fourth-order valence-corrected chi connectivity index (χ4v) is 4.18. The smallest absolute Gasteiger partial charge is 0.321 e. The van der Waals surface area contributed by atoms with Gasteiger partial charge >= 0.3 is 6.03 Å². The molecule has 2 heterocycles. The molecule has 0 saturated carbocycles. The molecule has 3 aromatic rings. The first-order valence-electron chi connectivity index (χ1n) is 9.92. The van der Waals surface area contributed by atoms with Crippen LogP contribution in [0.15, 0.2) is 54.6 Å². The summed E-state index contributed by atoms with van der Waals surface area (Å²) in [6.45, 7) is 5.06. The molecule has 1 aliphatic rings. The normalized spacial score (nSPS) is 14.5. The number of anilines is 2. The summed E-state index contributed by atoms with van der Waals surface area (Å²) in [7, 11) is 0. The van der Waals surface area contributed by atoms with E-state index in [0.29, 0.717) is 6.54 Å². The molecule has 0 bridgehead atoms. The number of carbonyl (C=O) groups is 1. The van der Waals surface area contributed by atoms with Crippen molar-refractivity contribution >= 4 is 28.4 Å². The molecule has 6 nitrogen and oxygen atoms in total. The molecule has 1 N–H and O–H groups in total. The van der Waals surface area contributed by atoms with Gasteiger partial charge < -0.3 is 15.1 Å². The highest BCUT2D eigenvalue weighted by Gasteiger charge is 2.21. The van der Waals surface area contributed by atoms with Gasteiger partial charge in [0.1, 0.15) is 5.82 Å². The van der Waals surface area contributed by atoms with Crippen molar-refractivity contribution in [1.29, 1.82) is 0 Å². The maximum atomic E-state index is 12.7. The van der Waals surface area contributed by atoms with Crippen LogP contribution in [0.1, 0.15) is 23.4 Å². The van der Waals surface area contributed by atoms with Crippen LogP contribution in [-0.2, 0) is 6.42 Å². The highest BCUT2D eigenvalue weighted by molar-refractivity contribution is 7.09. The largest absolute Gasteiger partial charge is 0.345 e. The molecule has 150 valence electrons. The summed E-state index contributed by atoms with van der Waals surface area (Å²) in [5.41, 5.74) is 3.15. The Labute approximate surface area is 175 Å². The minimum absolute atomic E-state index is 0.0387. The van der Waals surface area contributed by atoms with E-state index < -0.39 is 0 Å². The van der Waals surface area contributed by atoms with Gasteiger partial charge in [-0.25, -0.2) is 9.78 Å². The maximum Gasteiger partial charge on any atom is 0.321 e. The van der Waals surface area contributed by atoms with Crippen molar-refractivity contribution in [3.8, 4) is 0 Å².